The lowest BCUT2D eigenvalue weighted by Gasteiger charge is -2.03. The van der Waals surface area contributed by atoms with Gasteiger partial charge in [0.25, 0.3) is 5.69 Å². The van der Waals surface area contributed by atoms with Crippen molar-refractivity contribution in [3.8, 4) is 5.75 Å². The summed E-state index contributed by atoms with van der Waals surface area (Å²) in [5.41, 5.74) is 0.147. The van der Waals surface area contributed by atoms with Crippen LogP contribution in [0.2, 0.25) is 0 Å². The molecular weight excluding hydrogens is 222 g/mol. The van der Waals surface area contributed by atoms with Crippen LogP contribution < -0.4 is 4.74 Å². The number of rotatable bonds is 6. The highest BCUT2D eigenvalue weighted by Crippen LogP contribution is 2.24. The van der Waals surface area contributed by atoms with E-state index in [1.807, 2.05) is 6.08 Å². The van der Waals surface area contributed by atoms with Gasteiger partial charge in [-0.05, 0) is 24.6 Å². The van der Waals surface area contributed by atoms with Gasteiger partial charge in [0.2, 0.25) is 0 Å². The molecule has 5 nitrogen and oxygen atoms in total. The Balaban J connectivity index is 2.79. The van der Waals surface area contributed by atoms with Crippen LogP contribution in [0.3, 0.4) is 0 Å². The Bertz CT molecular complexity index is 415. The SMILES string of the molecule is CCCC=COc1ccc([N+](=O)[O-])c(CO)c1. The Hall–Kier alpha value is -1.88. The van der Waals surface area contributed by atoms with E-state index in [2.05, 4.69) is 6.92 Å². The van der Waals surface area contributed by atoms with E-state index in [0.717, 1.165) is 12.8 Å². The first kappa shape index (κ1) is 13.2. The van der Waals surface area contributed by atoms with Crippen molar-refractivity contribution in [3.63, 3.8) is 0 Å². The summed E-state index contributed by atoms with van der Waals surface area (Å²) in [7, 11) is 0. The molecule has 0 spiro atoms. The highest BCUT2D eigenvalue weighted by atomic mass is 16.6. The molecule has 0 fully saturated rings. The average molecular weight is 237 g/mol. The van der Waals surface area contributed by atoms with Crippen LogP contribution in [-0.2, 0) is 6.61 Å². The number of allylic oxidation sites excluding steroid dienone is 1. The molecular formula is C12H15NO4. The summed E-state index contributed by atoms with van der Waals surface area (Å²) in [4.78, 5) is 10.1. The second-order valence-corrected chi connectivity index (χ2v) is 3.48. The number of hydrogen-bond acceptors (Lipinski definition) is 4. The van der Waals surface area contributed by atoms with Crippen LogP contribution >= 0.6 is 0 Å². The van der Waals surface area contributed by atoms with E-state index in [1.165, 1.54) is 18.2 Å². The summed E-state index contributed by atoms with van der Waals surface area (Å²) in [6.07, 6.45) is 5.37. The zero-order valence-corrected chi connectivity index (χ0v) is 9.63. The van der Waals surface area contributed by atoms with Crippen LogP contribution in [0.1, 0.15) is 25.3 Å². The molecule has 92 valence electrons. The second kappa shape index (κ2) is 6.65. The normalized spacial score (nSPS) is 10.7. The highest BCUT2D eigenvalue weighted by Gasteiger charge is 2.13. The molecule has 17 heavy (non-hydrogen) atoms. The first-order valence-corrected chi connectivity index (χ1v) is 5.39. The molecule has 0 aromatic heterocycles. The van der Waals surface area contributed by atoms with E-state index in [1.54, 1.807) is 6.26 Å². The maximum Gasteiger partial charge on any atom is 0.275 e. The van der Waals surface area contributed by atoms with E-state index in [0.29, 0.717) is 5.75 Å². The van der Waals surface area contributed by atoms with Crippen molar-refractivity contribution in [2.24, 2.45) is 0 Å². The molecule has 0 radical (unpaired) electrons. The highest BCUT2D eigenvalue weighted by molar-refractivity contribution is 5.45. The third-order valence-electron chi connectivity index (χ3n) is 2.17. The van der Waals surface area contributed by atoms with E-state index in [4.69, 9.17) is 9.84 Å². The van der Waals surface area contributed by atoms with E-state index >= 15 is 0 Å². The fourth-order valence-electron chi connectivity index (χ4n) is 1.30. The Morgan fingerprint density at radius 3 is 2.88 bits per heavy atom. The van der Waals surface area contributed by atoms with Crippen LogP contribution in [0.15, 0.2) is 30.5 Å². The Morgan fingerprint density at radius 1 is 1.53 bits per heavy atom. The largest absolute Gasteiger partial charge is 0.465 e. The topological polar surface area (TPSA) is 72.6 Å². The predicted molar refractivity (Wildman–Crippen MR) is 63.7 cm³/mol. The van der Waals surface area contributed by atoms with E-state index < -0.39 is 4.92 Å². The summed E-state index contributed by atoms with van der Waals surface area (Å²) in [5.74, 6) is 0.479. The van der Waals surface area contributed by atoms with Gasteiger partial charge in [-0.2, -0.15) is 0 Å². The molecule has 5 heteroatoms. The molecule has 0 saturated carbocycles. The summed E-state index contributed by atoms with van der Waals surface area (Å²) >= 11 is 0. The standard InChI is InChI=1S/C12H15NO4/c1-2-3-4-7-17-11-5-6-12(13(15)16)10(8-11)9-14/h4-8,14H,2-3,9H2,1H3. The van der Waals surface area contributed by atoms with Crippen LogP contribution in [0.5, 0.6) is 5.75 Å². The van der Waals surface area contributed by atoms with Crippen molar-refractivity contribution < 1.29 is 14.8 Å². The number of nitro benzene ring substituents is 1. The number of nitro groups is 1. The zero-order valence-electron chi connectivity index (χ0n) is 9.63. The van der Waals surface area contributed by atoms with Gasteiger partial charge >= 0.3 is 0 Å². The lowest BCUT2D eigenvalue weighted by molar-refractivity contribution is -0.385. The van der Waals surface area contributed by atoms with E-state index in [-0.39, 0.29) is 17.9 Å². The summed E-state index contributed by atoms with van der Waals surface area (Å²) in [6, 6.07) is 4.30. The summed E-state index contributed by atoms with van der Waals surface area (Å²) in [6.45, 7) is 1.67. The second-order valence-electron chi connectivity index (χ2n) is 3.48. The minimum Gasteiger partial charge on any atom is -0.465 e. The van der Waals surface area contributed by atoms with Crippen LogP contribution in [0.4, 0.5) is 5.69 Å². The lowest BCUT2D eigenvalue weighted by atomic mass is 10.2. The smallest absolute Gasteiger partial charge is 0.275 e. The molecule has 1 aromatic rings. The summed E-state index contributed by atoms with van der Waals surface area (Å²) < 4.78 is 5.27. The number of benzene rings is 1. The third-order valence-corrected chi connectivity index (χ3v) is 2.17. The maximum absolute atomic E-state index is 10.6. The third kappa shape index (κ3) is 3.88. The van der Waals surface area contributed by atoms with E-state index in [9.17, 15) is 10.1 Å². The van der Waals surface area contributed by atoms with Gasteiger partial charge in [-0.3, -0.25) is 10.1 Å². The van der Waals surface area contributed by atoms with Crippen molar-refractivity contribution >= 4 is 5.69 Å². The first-order valence-electron chi connectivity index (χ1n) is 5.39. The van der Waals surface area contributed by atoms with Gasteiger partial charge in [0, 0.05) is 6.07 Å². The Morgan fingerprint density at radius 2 is 2.29 bits per heavy atom. The molecule has 0 unspecified atom stereocenters. The van der Waals surface area contributed by atoms with Gasteiger partial charge in [0.1, 0.15) is 5.75 Å². The van der Waals surface area contributed by atoms with Crippen molar-refractivity contribution in [1.29, 1.82) is 0 Å². The number of hydrogen-bond donors (Lipinski definition) is 1. The zero-order chi connectivity index (χ0) is 12.7. The van der Waals surface area contributed by atoms with Gasteiger partial charge in [-0.15, -0.1) is 0 Å². The first-order chi connectivity index (χ1) is 8.19. The Labute approximate surface area is 99.5 Å². The van der Waals surface area contributed by atoms with Crippen LogP contribution in [-0.4, -0.2) is 10.0 Å². The molecule has 0 saturated heterocycles. The van der Waals surface area contributed by atoms with Gasteiger partial charge < -0.3 is 9.84 Å². The predicted octanol–water partition coefficient (Wildman–Crippen LogP) is 2.78. The van der Waals surface area contributed by atoms with Gasteiger partial charge in [0.15, 0.2) is 0 Å². The van der Waals surface area contributed by atoms with Crippen LogP contribution in [0, 0.1) is 10.1 Å². The number of ether oxygens (including phenoxy) is 1. The average Bonchev–Trinajstić information content (AvgIpc) is 2.34. The number of aliphatic hydroxyl groups excluding tert-OH is 1. The number of nitrogens with zero attached hydrogens (tertiary/aromatic N) is 1. The van der Waals surface area contributed by atoms with Crippen molar-refractivity contribution in [3.05, 3.63) is 46.2 Å². The van der Waals surface area contributed by atoms with Gasteiger partial charge in [0.05, 0.1) is 23.4 Å². The van der Waals surface area contributed by atoms with Crippen molar-refractivity contribution in [1.82, 2.24) is 0 Å². The minimum absolute atomic E-state index is 0.0996. The number of unbranched alkanes of at least 4 members (excludes halogenated alkanes) is 1. The molecule has 0 atom stereocenters. The lowest BCUT2D eigenvalue weighted by Crippen LogP contribution is -1.96. The Kier molecular flexibility index (Phi) is 5.16. The molecule has 0 amide bonds. The molecule has 1 aromatic carbocycles. The molecule has 0 aliphatic rings. The van der Waals surface area contributed by atoms with Gasteiger partial charge in [-0.25, -0.2) is 0 Å². The van der Waals surface area contributed by atoms with Crippen LogP contribution in [0.25, 0.3) is 0 Å². The monoisotopic (exact) mass is 237 g/mol. The molecule has 0 aliphatic carbocycles. The summed E-state index contributed by atoms with van der Waals surface area (Å²) in [5, 5.41) is 19.7. The number of aliphatic hydroxyl groups is 1. The molecule has 0 bridgehead atoms. The maximum atomic E-state index is 10.6. The molecule has 1 N–H and O–H groups in total. The quantitative estimate of drug-likeness (QED) is 0.469. The fourth-order valence-corrected chi connectivity index (χ4v) is 1.30. The van der Waals surface area contributed by atoms with Crippen molar-refractivity contribution in [2.45, 2.75) is 26.4 Å². The minimum atomic E-state index is -0.526. The van der Waals surface area contributed by atoms with Crippen molar-refractivity contribution in [2.75, 3.05) is 0 Å². The molecule has 1 rings (SSSR count). The fraction of sp³-hybridized carbons (Fsp3) is 0.333. The van der Waals surface area contributed by atoms with Gasteiger partial charge in [-0.1, -0.05) is 13.3 Å². The molecule has 0 heterocycles. The molecule has 0 aliphatic heterocycles.